The topological polar surface area (TPSA) is 71.8 Å². The maximum Gasteiger partial charge on any atom is 0.412 e. The predicted octanol–water partition coefficient (Wildman–Crippen LogP) is 5.65. The number of halogens is 2. The van der Waals surface area contributed by atoms with Crippen molar-refractivity contribution in [1.82, 2.24) is 4.57 Å². The maximum absolute atomic E-state index is 13.3. The zero-order chi connectivity index (χ0) is 21.2. The Labute approximate surface area is 174 Å². The van der Waals surface area contributed by atoms with Gasteiger partial charge >= 0.3 is 6.09 Å². The van der Waals surface area contributed by atoms with Crippen LogP contribution in [0.1, 0.15) is 40.5 Å². The van der Waals surface area contributed by atoms with Gasteiger partial charge < -0.3 is 9.84 Å². The van der Waals surface area contributed by atoms with Gasteiger partial charge in [0.15, 0.2) is 11.6 Å². The van der Waals surface area contributed by atoms with Crippen molar-refractivity contribution in [3.8, 4) is 5.75 Å². The number of aromatic nitrogens is 1. The molecule has 1 heterocycles. The van der Waals surface area contributed by atoms with Crippen molar-refractivity contribution >= 4 is 45.9 Å². The Balaban J connectivity index is 2.95. The molecule has 0 aliphatic rings. The Morgan fingerprint density at radius 3 is 2.29 bits per heavy atom. The summed E-state index contributed by atoms with van der Waals surface area (Å²) in [5.41, 5.74) is -0.614. The van der Waals surface area contributed by atoms with Crippen molar-refractivity contribution in [2.75, 3.05) is 18.6 Å². The number of unbranched alkanes of at least 4 members (excludes halogenated alkanes) is 1. The average molecular weight is 429 g/mol. The number of hydrogen-bond acceptors (Lipinski definition) is 3. The summed E-state index contributed by atoms with van der Waals surface area (Å²) < 4.78 is 7.45. The summed E-state index contributed by atoms with van der Waals surface area (Å²) in [4.78, 5) is 26.1. The van der Waals surface area contributed by atoms with Crippen LogP contribution < -0.4 is 15.2 Å². The molecule has 0 bridgehead atoms. The Morgan fingerprint density at radius 2 is 1.79 bits per heavy atom. The highest BCUT2D eigenvalue weighted by Gasteiger charge is 2.27. The molecule has 1 amide bonds. The molecule has 0 aliphatic heterocycles. The van der Waals surface area contributed by atoms with Crippen molar-refractivity contribution in [3.05, 3.63) is 32.5 Å². The van der Waals surface area contributed by atoms with Crippen molar-refractivity contribution in [1.29, 1.82) is 0 Å². The predicted molar refractivity (Wildman–Crippen MR) is 115 cm³/mol. The molecular weight excluding hydrogens is 403 g/mol. The highest BCUT2D eigenvalue weighted by atomic mass is 35.5. The molecule has 0 fully saturated rings. The summed E-state index contributed by atoms with van der Waals surface area (Å²) in [6.45, 7) is 8.64. The van der Waals surface area contributed by atoms with Crippen LogP contribution in [0.15, 0.2) is 16.9 Å². The van der Waals surface area contributed by atoms with Crippen molar-refractivity contribution in [2.45, 2.75) is 47.1 Å². The first-order valence-corrected chi connectivity index (χ1v) is 9.88. The van der Waals surface area contributed by atoms with Crippen molar-refractivity contribution in [2.24, 2.45) is 5.41 Å². The highest BCUT2D eigenvalue weighted by Crippen LogP contribution is 2.39. The van der Waals surface area contributed by atoms with E-state index in [2.05, 4.69) is 0 Å². The van der Waals surface area contributed by atoms with E-state index in [1.165, 1.54) is 17.7 Å². The fourth-order valence-corrected chi connectivity index (χ4v) is 3.23. The molecule has 0 unspecified atom stereocenters. The Morgan fingerprint density at radius 1 is 1.21 bits per heavy atom. The number of hydrogen-bond donors (Lipinski definition) is 1. The third-order valence-corrected chi connectivity index (χ3v) is 4.94. The SMILES string of the molecule is CCCCOc1c(N(C)C(=O)O)n(CC(C)(C)C)c(=O)c2cc(Cl)c(Cl)cc12. The first-order valence-electron chi connectivity index (χ1n) is 9.13. The van der Waals surface area contributed by atoms with Gasteiger partial charge in [-0.25, -0.2) is 4.79 Å². The van der Waals surface area contributed by atoms with E-state index < -0.39 is 6.09 Å². The molecule has 1 aromatic carbocycles. The van der Waals surface area contributed by atoms with Gasteiger partial charge in [-0.05, 0) is 24.0 Å². The molecule has 0 saturated carbocycles. The summed E-state index contributed by atoms with van der Waals surface area (Å²) >= 11 is 12.3. The fourth-order valence-electron chi connectivity index (χ4n) is 2.90. The maximum atomic E-state index is 13.3. The minimum Gasteiger partial charge on any atom is -0.489 e. The van der Waals surface area contributed by atoms with E-state index in [9.17, 15) is 14.7 Å². The van der Waals surface area contributed by atoms with Gasteiger partial charge in [0.2, 0.25) is 0 Å². The van der Waals surface area contributed by atoms with Crippen LogP contribution in [0.2, 0.25) is 10.0 Å². The molecule has 8 heteroatoms. The second-order valence-electron chi connectivity index (χ2n) is 7.96. The first-order chi connectivity index (χ1) is 13.0. The molecule has 2 aromatic rings. The molecule has 1 aromatic heterocycles. The zero-order valence-corrected chi connectivity index (χ0v) is 18.3. The lowest BCUT2D eigenvalue weighted by atomic mass is 9.96. The van der Waals surface area contributed by atoms with E-state index >= 15 is 0 Å². The van der Waals surface area contributed by atoms with Crippen molar-refractivity contribution in [3.63, 3.8) is 0 Å². The van der Waals surface area contributed by atoms with E-state index in [-0.39, 0.29) is 26.8 Å². The van der Waals surface area contributed by atoms with Crippen LogP contribution in [-0.2, 0) is 6.54 Å². The molecule has 1 N–H and O–H groups in total. The summed E-state index contributed by atoms with van der Waals surface area (Å²) in [7, 11) is 1.40. The lowest BCUT2D eigenvalue weighted by molar-refractivity contribution is 0.202. The van der Waals surface area contributed by atoms with Gasteiger partial charge in [-0.3, -0.25) is 14.3 Å². The third-order valence-electron chi connectivity index (χ3n) is 4.22. The molecule has 0 atom stereocenters. The van der Waals surface area contributed by atoms with Gasteiger partial charge in [-0.1, -0.05) is 57.3 Å². The van der Waals surface area contributed by atoms with Crippen LogP contribution in [0.4, 0.5) is 10.6 Å². The van der Waals surface area contributed by atoms with Crippen LogP contribution in [0, 0.1) is 5.41 Å². The Hall–Kier alpha value is -1.92. The number of rotatable bonds is 6. The average Bonchev–Trinajstić information content (AvgIpc) is 2.59. The molecule has 0 aliphatic carbocycles. The van der Waals surface area contributed by atoms with Crippen LogP contribution in [0.5, 0.6) is 5.75 Å². The molecular formula is C20H26Cl2N2O4. The monoisotopic (exact) mass is 428 g/mol. The molecule has 0 saturated heterocycles. The number of pyridine rings is 1. The molecule has 2 rings (SSSR count). The number of carbonyl (C=O) groups is 1. The largest absolute Gasteiger partial charge is 0.489 e. The number of nitrogens with zero attached hydrogens (tertiary/aromatic N) is 2. The van der Waals surface area contributed by atoms with Crippen LogP contribution in [0.25, 0.3) is 10.8 Å². The number of fused-ring (bicyclic) bond motifs is 1. The quantitative estimate of drug-likeness (QED) is 0.603. The molecule has 154 valence electrons. The Kier molecular flexibility index (Phi) is 6.88. The van der Waals surface area contributed by atoms with Crippen LogP contribution >= 0.6 is 23.2 Å². The highest BCUT2D eigenvalue weighted by molar-refractivity contribution is 6.42. The summed E-state index contributed by atoms with van der Waals surface area (Å²) in [5, 5.41) is 10.9. The number of ether oxygens (including phenoxy) is 1. The number of anilines is 1. The van der Waals surface area contributed by atoms with Gasteiger partial charge in [-0.2, -0.15) is 0 Å². The normalized spacial score (nSPS) is 11.7. The molecule has 0 radical (unpaired) electrons. The number of carboxylic acid groups (broad SMARTS) is 1. The Bertz CT molecular complexity index is 948. The molecule has 6 nitrogen and oxygen atoms in total. The minimum atomic E-state index is -1.19. The van der Waals surface area contributed by atoms with Gasteiger partial charge in [0.25, 0.3) is 5.56 Å². The van der Waals surface area contributed by atoms with Crippen molar-refractivity contribution < 1.29 is 14.6 Å². The zero-order valence-electron chi connectivity index (χ0n) is 16.8. The van der Waals surface area contributed by atoms with E-state index in [1.54, 1.807) is 6.07 Å². The smallest absolute Gasteiger partial charge is 0.412 e. The van der Waals surface area contributed by atoms with E-state index in [0.717, 1.165) is 17.7 Å². The van der Waals surface area contributed by atoms with E-state index in [0.29, 0.717) is 29.7 Å². The van der Waals surface area contributed by atoms with Crippen LogP contribution in [0.3, 0.4) is 0 Å². The van der Waals surface area contributed by atoms with Crippen LogP contribution in [-0.4, -0.2) is 29.4 Å². The summed E-state index contributed by atoms with van der Waals surface area (Å²) in [6.07, 6.45) is 0.509. The molecule has 28 heavy (non-hydrogen) atoms. The number of amides is 1. The van der Waals surface area contributed by atoms with Gasteiger partial charge in [-0.15, -0.1) is 0 Å². The fraction of sp³-hybridized carbons (Fsp3) is 0.500. The second-order valence-corrected chi connectivity index (χ2v) is 8.77. The molecule has 0 spiro atoms. The van der Waals surface area contributed by atoms with Gasteiger partial charge in [0.05, 0.1) is 22.0 Å². The first kappa shape index (κ1) is 22.4. The van der Waals surface area contributed by atoms with E-state index in [4.69, 9.17) is 27.9 Å². The minimum absolute atomic E-state index is 0.189. The lowest BCUT2D eigenvalue weighted by Crippen LogP contribution is -2.35. The lowest BCUT2D eigenvalue weighted by Gasteiger charge is -2.28. The van der Waals surface area contributed by atoms with Gasteiger partial charge in [0.1, 0.15) is 0 Å². The second kappa shape index (κ2) is 8.62. The number of benzene rings is 1. The van der Waals surface area contributed by atoms with Gasteiger partial charge in [0, 0.05) is 19.0 Å². The van der Waals surface area contributed by atoms with E-state index in [1.807, 2.05) is 27.7 Å². The standard InChI is InChI=1S/C20H26Cl2N2O4/c1-6-7-8-28-16-12-9-14(21)15(22)10-13(12)18(25)24(11-20(2,3)4)17(16)23(5)19(26)27/h9-10H,6-8,11H2,1-5H3,(H,26,27). The summed E-state index contributed by atoms with van der Waals surface area (Å²) in [5.74, 6) is 0.505. The third kappa shape index (κ3) is 4.73. The summed E-state index contributed by atoms with van der Waals surface area (Å²) in [6, 6.07) is 3.07.